The van der Waals surface area contributed by atoms with Crippen molar-refractivity contribution in [2.24, 2.45) is 0 Å². The number of rotatable bonds is 3. The first-order chi connectivity index (χ1) is 7.79. The van der Waals surface area contributed by atoms with Gasteiger partial charge < -0.3 is 4.74 Å². The highest BCUT2D eigenvalue weighted by Crippen LogP contribution is 2.25. The highest BCUT2D eigenvalue weighted by Gasteiger charge is 2.03. The van der Waals surface area contributed by atoms with E-state index in [4.69, 9.17) is 4.74 Å². The number of hydrogen-bond donors (Lipinski definition) is 0. The Bertz CT molecular complexity index is 476. The van der Waals surface area contributed by atoms with Gasteiger partial charge in [-0.2, -0.15) is 0 Å². The third-order valence-electron chi connectivity index (χ3n) is 1.91. The van der Waals surface area contributed by atoms with Gasteiger partial charge in [-0.05, 0) is 53.1 Å². The normalized spacial score (nSPS) is 10.1. The summed E-state index contributed by atoms with van der Waals surface area (Å²) >= 11 is 3.85. The van der Waals surface area contributed by atoms with Gasteiger partial charge in [0.25, 0.3) is 0 Å². The van der Waals surface area contributed by atoms with Crippen molar-refractivity contribution in [2.45, 2.75) is 4.90 Å². The van der Waals surface area contributed by atoms with Crippen LogP contribution in [-0.2, 0) is 0 Å². The molecule has 0 saturated heterocycles. The van der Waals surface area contributed by atoms with Crippen molar-refractivity contribution >= 4 is 34.4 Å². The first-order valence-electron chi connectivity index (χ1n) is 4.57. The molecule has 0 atom stereocenters. The minimum atomic E-state index is 0.590. The van der Waals surface area contributed by atoms with E-state index in [9.17, 15) is 0 Å². The summed E-state index contributed by atoms with van der Waals surface area (Å²) in [6.07, 6.45) is 5.25. The number of ether oxygens (including phenoxy) is 1. The maximum Gasteiger partial charge on any atom is 0.235 e. The second-order valence-electron chi connectivity index (χ2n) is 2.95. The van der Waals surface area contributed by atoms with E-state index in [0.717, 1.165) is 9.32 Å². The number of benzene rings is 1. The molecule has 5 heteroatoms. The van der Waals surface area contributed by atoms with Crippen LogP contribution < -0.4 is 4.74 Å². The number of aromatic nitrogens is 2. The van der Waals surface area contributed by atoms with Gasteiger partial charge in [0.1, 0.15) is 12.1 Å². The molecular weight excluding hydrogens is 335 g/mol. The topological polar surface area (TPSA) is 35.0 Å². The summed E-state index contributed by atoms with van der Waals surface area (Å²) in [4.78, 5) is 9.19. The molecule has 0 bridgehead atoms. The van der Waals surface area contributed by atoms with Crippen LogP contribution >= 0.6 is 34.4 Å². The van der Waals surface area contributed by atoms with Crippen LogP contribution in [0, 0.1) is 3.57 Å². The molecule has 0 N–H and O–H groups in total. The Morgan fingerprint density at radius 3 is 2.62 bits per heavy atom. The average Bonchev–Trinajstić information content (AvgIpc) is 2.33. The fraction of sp³-hybridized carbons (Fsp3) is 0.0909. The van der Waals surface area contributed by atoms with Gasteiger partial charge >= 0.3 is 0 Å². The average molecular weight is 344 g/mol. The van der Waals surface area contributed by atoms with Gasteiger partial charge in [-0.1, -0.05) is 0 Å². The first-order valence-corrected chi connectivity index (χ1v) is 6.87. The molecule has 82 valence electrons. The van der Waals surface area contributed by atoms with Gasteiger partial charge in [-0.15, -0.1) is 11.8 Å². The van der Waals surface area contributed by atoms with Gasteiger partial charge in [-0.3, -0.25) is 0 Å². The molecule has 0 amide bonds. The zero-order chi connectivity index (χ0) is 11.4. The molecule has 1 heterocycles. The van der Waals surface area contributed by atoms with Crippen LogP contribution in [0.3, 0.4) is 0 Å². The monoisotopic (exact) mass is 344 g/mol. The summed E-state index contributed by atoms with van der Waals surface area (Å²) in [6, 6.07) is 7.91. The number of thioether (sulfide) groups is 1. The van der Waals surface area contributed by atoms with Crippen LogP contribution in [0.2, 0.25) is 0 Å². The van der Waals surface area contributed by atoms with Gasteiger partial charge in [0, 0.05) is 11.1 Å². The summed E-state index contributed by atoms with van der Waals surface area (Å²) in [6.45, 7) is 0. The quantitative estimate of drug-likeness (QED) is 0.630. The molecule has 0 radical (unpaired) electrons. The summed E-state index contributed by atoms with van der Waals surface area (Å²) in [7, 11) is 0. The largest absolute Gasteiger partial charge is 0.438 e. The van der Waals surface area contributed by atoms with Crippen molar-refractivity contribution in [3.05, 3.63) is 40.4 Å². The lowest BCUT2D eigenvalue weighted by Gasteiger charge is -2.05. The lowest BCUT2D eigenvalue weighted by atomic mass is 10.3. The fourth-order valence-corrected chi connectivity index (χ4v) is 1.95. The molecule has 0 aliphatic heterocycles. The molecule has 0 aliphatic carbocycles. The van der Waals surface area contributed by atoms with Crippen molar-refractivity contribution in [1.82, 2.24) is 9.97 Å². The van der Waals surface area contributed by atoms with Crippen molar-refractivity contribution in [1.29, 1.82) is 0 Å². The van der Waals surface area contributed by atoms with Crippen LogP contribution in [0.15, 0.2) is 41.7 Å². The Balaban J connectivity index is 2.18. The van der Waals surface area contributed by atoms with E-state index < -0.39 is 0 Å². The molecule has 3 nitrogen and oxygen atoms in total. The molecule has 16 heavy (non-hydrogen) atoms. The van der Waals surface area contributed by atoms with Gasteiger partial charge in [0.2, 0.25) is 5.88 Å². The molecule has 0 fully saturated rings. The van der Waals surface area contributed by atoms with Crippen molar-refractivity contribution in [3.63, 3.8) is 0 Å². The first kappa shape index (κ1) is 11.7. The highest BCUT2D eigenvalue weighted by atomic mass is 127. The summed E-state index contributed by atoms with van der Waals surface area (Å²) in [5.74, 6) is 1.38. The van der Waals surface area contributed by atoms with E-state index >= 15 is 0 Å². The maximum atomic E-state index is 5.64. The molecule has 0 saturated carbocycles. The van der Waals surface area contributed by atoms with E-state index in [-0.39, 0.29) is 0 Å². The van der Waals surface area contributed by atoms with Crippen LogP contribution in [0.1, 0.15) is 0 Å². The molecule has 0 unspecified atom stereocenters. The molecule has 0 aliphatic rings. The number of halogens is 1. The van der Waals surface area contributed by atoms with Gasteiger partial charge in [0.05, 0.1) is 3.57 Å². The lowest BCUT2D eigenvalue weighted by Crippen LogP contribution is -1.91. The Kier molecular flexibility index (Phi) is 4.00. The second-order valence-corrected chi connectivity index (χ2v) is 5.00. The van der Waals surface area contributed by atoms with Crippen molar-refractivity contribution < 1.29 is 4.74 Å². The third kappa shape index (κ3) is 2.85. The second kappa shape index (κ2) is 5.49. The Morgan fingerprint density at radius 1 is 1.25 bits per heavy atom. The van der Waals surface area contributed by atoms with E-state index in [1.807, 2.05) is 30.5 Å². The maximum absolute atomic E-state index is 5.64. The molecule has 2 aromatic rings. The van der Waals surface area contributed by atoms with E-state index in [1.165, 1.54) is 11.2 Å². The van der Waals surface area contributed by atoms with E-state index in [0.29, 0.717) is 5.88 Å². The molecule has 2 rings (SSSR count). The SMILES string of the molecule is CSc1ccc(Oc2ncncc2I)cc1. The Labute approximate surface area is 112 Å². The van der Waals surface area contributed by atoms with Crippen molar-refractivity contribution in [2.75, 3.05) is 6.26 Å². The standard InChI is InChI=1S/C11H9IN2OS/c1-16-9-4-2-8(3-5-9)15-11-10(12)6-13-7-14-11/h2-7H,1H3. The highest BCUT2D eigenvalue weighted by molar-refractivity contribution is 14.1. The van der Waals surface area contributed by atoms with Gasteiger partial charge in [0.15, 0.2) is 0 Å². The molecular formula is C11H9IN2OS. The van der Waals surface area contributed by atoms with Crippen LogP contribution in [0.5, 0.6) is 11.6 Å². The van der Waals surface area contributed by atoms with E-state index in [2.05, 4.69) is 32.6 Å². The van der Waals surface area contributed by atoms with Gasteiger partial charge in [-0.25, -0.2) is 9.97 Å². The lowest BCUT2D eigenvalue weighted by molar-refractivity contribution is 0.457. The van der Waals surface area contributed by atoms with Crippen LogP contribution in [0.25, 0.3) is 0 Å². The predicted molar refractivity (Wildman–Crippen MR) is 73.0 cm³/mol. The third-order valence-corrected chi connectivity index (χ3v) is 3.39. The number of nitrogens with zero attached hydrogens (tertiary/aromatic N) is 2. The van der Waals surface area contributed by atoms with Crippen LogP contribution in [0.4, 0.5) is 0 Å². The minimum absolute atomic E-state index is 0.590. The molecule has 1 aromatic carbocycles. The predicted octanol–water partition coefficient (Wildman–Crippen LogP) is 3.60. The summed E-state index contributed by atoms with van der Waals surface area (Å²) in [5.41, 5.74) is 0. The minimum Gasteiger partial charge on any atom is -0.438 e. The zero-order valence-electron chi connectivity index (χ0n) is 8.55. The Morgan fingerprint density at radius 2 is 2.00 bits per heavy atom. The van der Waals surface area contributed by atoms with E-state index in [1.54, 1.807) is 18.0 Å². The number of hydrogen-bond acceptors (Lipinski definition) is 4. The summed E-state index contributed by atoms with van der Waals surface area (Å²) in [5, 5.41) is 0. The molecule has 1 aromatic heterocycles. The summed E-state index contributed by atoms with van der Waals surface area (Å²) < 4.78 is 6.54. The Hall–Kier alpha value is -0.820. The van der Waals surface area contributed by atoms with Crippen LogP contribution in [-0.4, -0.2) is 16.2 Å². The smallest absolute Gasteiger partial charge is 0.235 e. The molecule has 0 spiro atoms. The van der Waals surface area contributed by atoms with Crippen molar-refractivity contribution in [3.8, 4) is 11.6 Å². The zero-order valence-corrected chi connectivity index (χ0v) is 11.5. The fourth-order valence-electron chi connectivity index (χ4n) is 1.13.